The highest BCUT2D eigenvalue weighted by Gasteiger charge is 2.24. The maximum atomic E-state index is 11.3. The van der Waals surface area contributed by atoms with Gasteiger partial charge in [0.15, 0.2) is 0 Å². The second-order valence-electron chi connectivity index (χ2n) is 8.47. The van der Waals surface area contributed by atoms with E-state index in [0.717, 1.165) is 32.0 Å². The maximum absolute atomic E-state index is 11.3. The third-order valence-electron chi connectivity index (χ3n) is 6.65. The number of esters is 1. The molecule has 0 amide bonds. The molecule has 2 aliphatic rings. The molecular weight excluding hydrogens is 407 g/mol. The van der Waals surface area contributed by atoms with E-state index in [1.165, 1.54) is 56.8 Å². The van der Waals surface area contributed by atoms with E-state index in [1.54, 1.807) is 0 Å². The molecule has 1 heterocycles. The molecule has 1 aromatic rings. The molecule has 4 nitrogen and oxygen atoms in total. The van der Waals surface area contributed by atoms with Gasteiger partial charge in [-0.1, -0.05) is 24.3 Å². The van der Waals surface area contributed by atoms with Crippen molar-refractivity contribution in [2.45, 2.75) is 69.9 Å². The van der Waals surface area contributed by atoms with Crippen molar-refractivity contribution in [1.82, 2.24) is 10.2 Å². The first-order valence-corrected chi connectivity index (χ1v) is 10.7. The molecule has 0 unspecified atom stereocenters. The number of nitrogens with zero attached hydrogens (tertiary/aromatic N) is 1. The molecule has 0 spiro atoms. The second kappa shape index (κ2) is 13.5. The number of ether oxygens (including phenoxy) is 1. The Morgan fingerprint density at radius 3 is 2.24 bits per heavy atom. The monoisotopic (exact) mass is 444 g/mol. The Balaban J connectivity index is 0.00000210. The van der Waals surface area contributed by atoms with Gasteiger partial charge >= 0.3 is 5.97 Å². The fourth-order valence-corrected chi connectivity index (χ4v) is 4.77. The lowest BCUT2D eigenvalue weighted by Crippen LogP contribution is -2.34. The summed E-state index contributed by atoms with van der Waals surface area (Å²) in [5.41, 5.74) is 2.93. The van der Waals surface area contributed by atoms with E-state index in [0.29, 0.717) is 18.4 Å². The smallest absolute Gasteiger partial charge is 0.305 e. The molecule has 1 aliphatic carbocycles. The maximum Gasteiger partial charge on any atom is 0.305 e. The molecule has 166 valence electrons. The van der Waals surface area contributed by atoms with E-state index < -0.39 is 0 Å². The zero-order chi connectivity index (χ0) is 19.1. The third kappa shape index (κ3) is 8.09. The molecule has 1 aromatic carbocycles. The summed E-state index contributed by atoms with van der Waals surface area (Å²) in [5.74, 6) is 1.36. The highest BCUT2D eigenvalue weighted by molar-refractivity contribution is 5.85. The highest BCUT2D eigenvalue weighted by Crippen LogP contribution is 2.31. The van der Waals surface area contributed by atoms with E-state index in [1.807, 2.05) is 0 Å². The molecule has 0 aromatic heterocycles. The van der Waals surface area contributed by atoms with Gasteiger partial charge in [0.2, 0.25) is 0 Å². The number of benzene rings is 1. The zero-order valence-electron chi connectivity index (χ0n) is 17.9. The lowest BCUT2D eigenvalue weighted by atomic mass is 9.83. The van der Waals surface area contributed by atoms with Gasteiger partial charge in [-0.15, -0.1) is 24.8 Å². The van der Waals surface area contributed by atoms with Gasteiger partial charge in [0, 0.05) is 19.0 Å². The first-order valence-electron chi connectivity index (χ1n) is 10.7. The minimum atomic E-state index is -0.0674. The van der Waals surface area contributed by atoms with E-state index in [-0.39, 0.29) is 30.8 Å². The van der Waals surface area contributed by atoms with Crippen molar-refractivity contribution in [1.29, 1.82) is 0 Å². The van der Waals surface area contributed by atoms with Gasteiger partial charge in [-0.2, -0.15) is 0 Å². The third-order valence-corrected chi connectivity index (χ3v) is 6.65. The predicted octanol–water partition coefficient (Wildman–Crippen LogP) is 4.94. The van der Waals surface area contributed by atoms with Crippen LogP contribution in [0.2, 0.25) is 0 Å². The molecule has 3 rings (SSSR count). The van der Waals surface area contributed by atoms with Crippen LogP contribution in [-0.2, 0) is 16.1 Å². The average molecular weight is 445 g/mol. The topological polar surface area (TPSA) is 41.6 Å². The number of rotatable bonds is 7. The van der Waals surface area contributed by atoms with Gasteiger partial charge in [-0.3, -0.25) is 9.69 Å². The number of piperidine rings is 1. The van der Waals surface area contributed by atoms with Crippen LogP contribution in [0.5, 0.6) is 0 Å². The van der Waals surface area contributed by atoms with Crippen molar-refractivity contribution in [3.8, 4) is 0 Å². The van der Waals surface area contributed by atoms with Crippen molar-refractivity contribution in [2.75, 3.05) is 27.2 Å². The van der Waals surface area contributed by atoms with Crippen molar-refractivity contribution in [3.63, 3.8) is 0 Å². The largest absolute Gasteiger partial charge is 0.469 e. The van der Waals surface area contributed by atoms with E-state index in [9.17, 15) is 4.79 Å². The fourth-order valence-electron chi connectivity index (χ4n) is 4.77. The average Bonchev–Trinajstić information content (AvgIpc) is 2.73. The van der Waals surface area contributed by atoms with Crippen LogP contribution in [0.3, 0.4) is 0 Å². The molecular formula is C23H38Cl2N2O2. The predicted molar refractivity (Wildman–Crippen MR) is 124 cm³/mol. The molecule has 6 heteroatoms. The Kier molecular flexibility index (Phi) is 12.2. The van der Waals surface area contributed by atoms with Gasteiger partial charge in [0.05, 0.1) is 7.11 Å². The van der Waals surface area contributed by atoms with E-state index in [2.05, 4.69) is 41.5 Å². The van der Waals surface area contributed by atoms with Gasteiger partial charge < -0.3 is 10.1 Å². The normalized spacial score (nSPS) is 22.4. The number of hydrogen-bond acceptors (Lipinski definition) is 4. The zero-order valence-corrected chi connectivity index (χ0v) is 19.5. The van der Waals surface area contributed by atoms with Crippen LogP contribution in [0.1, 0.15) is 68.4 Å². The molecule has 1 saturated heterocycles. The number of carbonyl (C=O) groups excluding carboxylic acids is 1. The quantitative estimate of drug-likeness (QED) is 0.604. The lowest BCUT2D eigenvalue weighted by molar-refractivity contribution is -0.141. The second-order valence-corrected chi connectivity index (χ2v) is 8.47. The Morgan fingerprint density at radius 2 is 1.66 bits per heavy atom. The van der Waals surface area contributed by atoms with Gasteiger partial charge in [-0.25, -0.2) is 0 Å². The number of carbonyl (C=O) groups is 1. The lowest BCUT2D eigenvalue weighted by Gasteiger charge is -2.34. The van der Waals surface area contributed by atoms with E-state index in [4.69, 9.17) is 4.74 Å². The molecule has 1 saturated carbocycles. The standard InChI is InChI=1S/C23H36N2O2.2ClH/c1-25(22-10-5-18(6-11-22)7-12-23(26)27-2)17-19-3-8-20(9-4-19)21-13-15-24-16-14-21;;/h3-4,8-9,18,21-22,24H,5-7,10-17H2,1-2H3;2*1H/t18-,22-;;. The van der Waals surface area contributed by atoms with Crippen LogP contribution in [0.25, 0.3) is 0 Å². The first kappa shape index (κ1) is 26.2. The van der Waals surface area contributed by atoms with Crippen molar-refractivity contribution >= 4 is 30.8 Å². The summed E-state index contributed by atoms with van der Waals surface area (Å²) in [5, 5.41) is 3.45. The first-order chi connectivity index (χ1) is 13.2. The number of methoxy groups -OCH3 is 1. The molecule has 1 N–H and O–H groups in total. The summed E-state index contributed by atoms with van der Waals surface area (Å²) in [6.07, 6.45) is 9.05. The number of halogens is 2. The minimum absolute atomic E-state index is 0. The number of nitrogens with one attached hydrogen (secondary N) is 1. The summed E-state index contributed by atoms with van der Waals surface area (Å²) >= 11 is 0. The Morgan fingerprint density at radius 1 is 1.03 bits per heavy atom. The van der Waals surface area contributed by atoms with Crippen molar-refractivity contribution in [2.24, 2.45) is 5.92 Å². The Bertz CT molecular complexity index is 583. The van der Waals surface area contributed by atoms with Crippen LogP contribution < -0.4 is 5.32 Å². The SMILES string of the molecule is COC(=O)CC[C@H]1CC[C@H](N(C)Cc2ccc(C3CCNCC3)cc2)CC1.Cl.Cl. The van der Waals surface area contributed by atoms with Crippen LogP contribution in [0.15, 0.2) is 24.3 Å². The molecule has 1 aliphatic heterocycles. The summed E-state index contributed by atoms with van der Waals surface area (Å²) in [6, 6.07) is 10.0. The number of hydrogen-bond donors (Lipinski definition) is 1. The fraction of sp³-hybridized carbons (Fsp3) is 0.696. The summed E-state index contributed by atoms with van der Waals surface area (Å²) in [7, 11) is 3.74. The van der Waals surface area contributed by atoms with Crippen molar-refractivity contribution < 1.29 is 9.53 Å². The molecule has 0 atom stereocenters. The summed E-state index contributed by atoms with van der Waals surface area (Å²) < 4.78 is 4.76. The molecule has 0 radical (unpaired) electrons. The van der Waals surface area contributed by atoms with Crippen LogP contribution in [0, 0.1) is 5.92 Å². The van der Waals surface area contributed by atoms with Gasteiger partial charge in [-0.05, 0) is 88.0 Å². The molecule has 0 bridgehead atoms. The van der Waals surface area contributed by atoms with Gasteiger partial charge in [0.1, 0.15) is 0 Å². The Labute approximate surface area is 189 Å². The minimum Gasteiger partial charge on any atom is -0.469 e. The van der Waals surface area contributed by atoms with E-state index >= 15 is 0 Å². The van der Waals surface area contributed by atoms with Crippen molar-refractivity contribution in [3.05, 3.63) is 35.4 Å². The summed E-state index contributed by atoms with van der Waals surface area (Å²) in [4.78, 5) is 13.8. The Hall–Kier alpha value is -0.810. The molecule has 2 fully saturated rings. The van der Waals surface area contributed by atoms with Crippen LogP contribution >= 0.6 is 24.8 Å². The van der Waals surface area contributed by atoms with Crippen LogP contribution in [-0.4, -0.2) is 44.2 Å². The highest BCUT2D eigenvalue weighted by atomic mass is 35.5. The van der Waals surface area contributed by atoms with Crippen LogP contribution in [0.4, 0.5) is 0 Å². The molecule has 29 heavy (non-hydrogen) atoms. The summed E-state index contributed by atoms with van der Waals surface area (Å²) in [6.45, 7) is 3.33. The van der Waals surface area contributed by atoms with Gasteiger partial charge in [0.25, 0.3) is 0 Å².